The first-order valence-corrected chi connectivity index (χ1v) is 9.29. The topological polar surface area (TPSA) is 67.9 Å². The summed E-state index contributed by atoms with van der Waals surface area (Å²) >= 11 is 7.50. The van der Waals surface area contributed by atoms with Gasteiger partial charge < -0.3 is 4.74 Å². The molecule has 0 atom stereocenters. The molecule has 1 heterocycles. The molecule has 0 radical (unpaired) electrons. The summed E-state index contributed by atoms with van der Waals surface area (Å²) in [6.07, 6.45) is 0. The monoisotopic (exact) mass is 385 g/mol. The summed E-state index contributed by atoms with van der Waals surface area (Å²) in [5.74, 6) is 0.598. The van der Waals surface area contributed by atoms with E-state index >= 15 is 0 Å². The fourth-order valence-electron chi connectivity index (χ4n) is 2.54. The summed E-state index contributed by atoms with van der Waals surface area (Å²) in [4.78, 5) is 17.5. The number of methoxy groups -OCH3 is 1. The van der Waals surface area contributed by atoms with Crippen LogP contribution < -0.4 is 5.56 Å². The van der Waals surface area contributed by atoms with Gasteiger partial charge in [0.05, 0.1) is 35.7 Å². The van der Waals surface area contributed by atoms with E-state index in [0.29, 0.717) is 45.5 Å². The third-order valence-electron chi connectivity index (χ3n) is 3.83. The molecule has 0 aliphatic rings. The van der Waals surface area contributed by atoms with Gasteiger partial charge in [0.15, 0.2) is 5.16 Å². The number of hydrogen-bond acceptors (Lipinski definition) is 5. The fraction of sp³-hybridized carbons (Fsp3) is 0.211. The number of rotatable bonds is 6. The van der Waals surface area contributed by atoms with Crippen LogP contribution in [0.25, 0.3) is 10.9 Å². The van der Waals surface area contributed by atoms with Crippen LogP contribution in [-0.4, -0.2) is 23.3 Å². The van der Waals surface area contributed by atoms with Crippen molar-refractivity contribution in [1.29, 1.82) is 5.26 Å². The third kappa shape index (κ3) is 4.07. The van der Waals surface area contributed by atoms with Crippen molar-refractivity contribution in [3.8, 4) is 6.07 Å². The molecular formula is C19H16ClN3O2S. The van der Waals surface area contributed by atoms with Crippen LogP contribution in [0, 0.1) is 11.3 Å². The standard InChI is InChI=1S/C19H16ClN3O2S/c1-25-8-7-23-18(24)16-6-5-15(20)10-17(16)22-19(23)26-12-14-4-2-3-13(9-14)11-21/h2-6,9-10H,7-8,12H2,1H3. The number of aromatic nitrogens is 2. The summed E-state index contributed by atoms with van der Waals surface area (Å²) in [5, 5.41) is 10.7. The van der Waals surface area contributed by atoms with Gasteiger partial charge in [-0.25, -0.2) is 4.98 Å². The maximum absolute atomic E-state index is 12.8. The molecule has 0 spiro atoms. The van der Waals surface area contributed by atoms with Gasteiger partial charge in [0.2, 0.25) is 0 Å². The predicted octanol–water partition coefficient (Wildman–Crippen LogP) is 3.86. The molecule has 3 rings (SSSR count). The molecule has 0 fully saturated rings. The molecule has 1 aromatic heterocycles. The first-order valence-electron chi connectivity index (χ1n) is 7.93. The average Bonchev–Trinajstić information content (AvgIpc) is 2.65. The molecule has 0 bridgehead atoms. The summed E-state index contributed by atoms with van der Waals surface area (Å²) in [6, 6.07) is 14.6. The van der Waals surface area contributed by atoms with Gasteiger partial charge in [0.25, 0.3) is 5.56 Å². The molecule has 5 nitrogen and oxygen atoms in total. The van der Waals surface area contributed by atoms with E-state index in [4.69, 9.17) is 21.6 Å². The molecule has 0 aliphatic carbocycles. The smallest absolute Gasteiger partial charge is 0.262 e. The fourth-order valence-corrected chi connectivity index (χ4v) is 3.68. The highest BCUT2D eigenvalue weighted by molar-refractivity contribution is 7.98. The molecule has 26 heavy (non-hydrogen) atoms. The van der Waals surface area contributed by atoms with Crippen molar-refractivity contribution in [2.45, 2.75) is 17.5 Å². The lowest BCUT2D eigenvalue weighted by atomic mass is 10.2. The summed E-state index contributed by atoms with van der Waals surface area (Å²) < 4.78 is 6.75. The molecule has 0 unspecified atom stereocenters. The number of ether oxygens (including phenoxy) is 1. The maximum atomic E-state index is 12.8. The minimum atomic E-state index is -0.114. The minimum Gasteiger partial charge on any atom is -0.383 e. The van der Waals surface area contributed by atoms with Crippen molar-refractivity contribution in [3.05, 3.63) is 69.0 Å². The zero-order chi connectivity index (χ0) is 18.5. The highest BCUT2D eigenvalue weighted by atomic mass is 35.5. The summed E-state index contributed by atoms with van der Waals surface area (Å²) in [5.41, 5.74) is 2.06. The molecule has 0 amide bonds. The minimum absolute atomic E-state index is 0.114. The van der Waals surface area contributed by atoms with Crippen molar-refractivity contribution in [2.24, 2.45) is 0 Å². The molecule has 132 valence electrons. The molecule has 7 heteroatoms. The predicted molar refractivity (Wildman–Crippen MR) is 104 cm³/mol. The van der Waals surface area contributed by atoms with E-state index in [1.165, 1.54) is 11.8 Å². The SMILES string of the molecule is COCCn1c(SCc2cccc(C#N)c2)nc2cc(Cl)ccc2c1=O. The van der Waals surface area contributed by atoms with E-state index in [0.717, 1.165) is 5.56 Å². The van der Waals surface area contributed by atoms with Crippen molar-refractivity contribution in [3.63, 3.8) is 0 Å². The van der Waals surface area contributed by atoms with E-state index in [1.807, 2.05) is 18.2 Å². The van der Waals surface area contributed by atoms with E-state index in [2.05, 4.69) is 11.1 Å². The largest absolute Gasteiger partial charge is 0.383 e. The quantitative estimate of drug-likeness (QED) is 0.476. The lowest BCUT2D eigenvalue weighted by Gasteiger charge is -2.13. The Morgan fingerprint density at radius 3 is 2.92 bits per heavy atom. The van der Waals surface area contributed by atoms with Gasteiger partial charge in [-0.05, 0) is 35.9 Å². The van der Waals surface area contributed by atoms with Crippen molar-refractivity contribution >= 4 is 34.3 Å². The van der Waals surface area contributed by atoms with E-state index in [-0.39, 0.29) is 5.56 Å². The summed E-state index contributed by atoms with van der Waals surface area (Å²) in [6.45, 7) is 0.833. The van der Waals surface area contributed by atoms with Crippen LogP contribution in [0.5, 0.6) is 0 Å². The van der Waals surface area contributed by atoms with Crippen molar-refractivity contribution < 1.29 is 4.74 Å². The Morgan fingerprint density at radius 1 is 1.31 bits per heavy atom. The number of thioether (sulfide) groups is 1. The van der Waals surface area contributed by atoms with Crippen LogP contribution in [0.4, 0.5) is 0 Å². The van der Waals surface area contributed by atoms with Crippen LogP contribution in [0.3, 0.4) is 0 Å². The molecule has 0 saturated carbocycles. The number of halogens is 1. The molecule has 0 N–H and O–H groups in total. The van der Waals surface area contributed by atoms with Gasteiger partial charge in [0, 0.05) is 17.9 Å². The molecule has 0 aliphatic heterocycles. The second kappa shape index (κ2) is 8.37. The normalized spacial score (nSPS) is 10.8. The Labute approximate surface area is 160 Å². The number of nitriles is 1. The van der Waals surface area contributed by atoms with Crippen LogP contribution in [0.2, 0.25) is 5.02 Å². The zero-order valence-corrected chi connectivity index (χ0v) is 15.7. The Morgan fingerprint density at radius 2 is 2.15 bits per heavy atom. The van der Waals surface area contributed by atoms with Gasteiger partial charge in [-0.15, -0.1) is 0 Å². The van der Waals surface area contributed by atoms with E-state index in [9.17, 15) is 4.79 Å². The second-order valence-electron chi connectivity index (χ2n) is 5.61. The third-order valence-corrected chi connectivity index (χ3v) is 5.11. The Kier molecular flexibility index (Phi) is 5.94. The lowest BCUT2D eigenvalue weighted by molar-refractivity contribution is 0.183. The van der Waals surface area contributed by atoms with Gasteiger partial charge in [-0.3, -0.25) is 9.36 Å². The van der Waals surface area contributed by atoms with Crippen LogP contribution >= 0.6 is 23.4 Å². The van der Waals surface area contributed by atoms with Crippen molar-refractivity contribution in [1.82, 2.24) is 9.55 Å². The number of hydrogen-bond donors (Lipinski definition) is 0. The first kappa shape index (κ1) is 18.5. The first-order chi connectivity index (χ1) is 12.6. The Bertz CT molecular complexity index is 1040. The molecule has 0 saturated heterocycles. The van der Waals surface area contributed by atoms with Crippen LogP contribution in [-0.2, 0) is 17.0 Å². The highest BCUT2D eigenvalue weighted by Crippen LogP contribution is 2.24. The summed E-state index contributed by atoms with van der Waals surface area (Å²) in [7, 11) is 1.60. The van der Waals surface area contributed by atoms with Gasteiger partial charge in [0.1, 0.15) is 0 Å². The second-order valence-corrected chi connectivity index (χ2v) is 6.99. The number of fused-ring (bicyclic) bond motifs is 1. The number of benzene rings is 2. The Hall–Kier alpha value is -2.33. The van der Waals surface area contributed by atoms with Crippen LogP contribution in [0.15, 0.2) is 52.4 Å². The average molecular weight is 386 g/mol. The van der Waals surface area contributed by atoms with Crippen molar-refractivity contribution in [2.75, 3.05) is 13.7 Å². The zero-order valence-electron chi connectivity index (χ0n) is 14.1. The van der Waals surface area contributed by atoms with Crippen LogP contribution in [0.1, 0.15) is 11.1 Å². The molecular weight excluding hydrogens is 370 g/mol. The van der Waals surface area contributed by atoms with Gasteiger partial charge >= 0.3 is 0 Å². The lowest BCUT2D eigenvalue weighted by Crippen LogP contribution is -2.25. The van der Waals surface area contributed by atoms with Gasteiger partial charge in [-0.1, -0.05) is 35.5 Å². The number of nitrogens with zero attached hydrogens (tertiary/aromatic N) is 3. The maximum Gasteiger partial charge on any atom is 0.262 e. The van der Waals surface area contributed by atoms with Gasteiger partial charge in [-0.2, -0.15) is 5.26 Å². The molecule has 3 aromatic rings. The van der Waals surface area contributed by atoms with E-state index < -0.39 is 0 Å². The Balaban J connectivity index is 1.99. The molecule has 2 aromatic carbocycles. The highest BCUT2D eigenvalue weighted by Gasteiger charge is 2.12. The van der Waals surface area contributed by atoms with E-state index in [1.54, 1.807) is 35.9 Å².